The van der Waals surface area contributed by atoms with Gasteiger partial charge < -0.3 is 15.1 Å². The topological polar surface area (TPSA) is 43.8 Å². The van der Waals surface area contributed by atoms with Crippen molar-refractivity contribution < 1.29 is 0 Å². The van der Waals surface area contributed by atoms with Crippen LogP contribution in [0.5, 0.6) is 0 Å². The molecule has 5 nitrogen and oxygen atoms in total. The number of guanidine groups is 1. The van der Waals surface area contributed by atoms with E-state index in [1.807, 2.05) is 20.2 Å². The second kappa shape index (κ2) is 8.51. The molecule has 1 N–H and O–H groups in total. The Hall–Kier alpha value is -2.56. The van der Waals surface area contributed by atoms with Crippen LogP contribution in [0.1, 0.15) is 11.3 Å². The number of aryl methyl sites for hydroxylation is 1. The minimum atomic E-state index is 0.871. The smallest absolute Gasteiger partial charge is 0.193 e. The van der Waals surface area contributed by atoms with E-state index in [4.69, 9.17) is 0 Å². The van der Waals surface area contributed by atoms with Gasteiger partial charge in [0.05, 0.1) is 0 Å². The van der Waals surface area contributed by atoms with E-state index in [0.717, 1.165) is 50.8 Å². The Labute approximate surface area is 150 Å². The highest BCUT2D eigenvalue weighted by atomic mass is 15.3. The number of nitrogens with one attached hydrogen (secondary N) is 1. The average Bonchev–Trinajstić information content (AvgIpc) is 2.68. The van der Waals surface area contributed by atoms with Gasteiger partial charge in [-0.2, -0.15) is 0 Å². The minimum Gasteiger partial charge on any atom is -0.368 e. The summed E-state index contributed by atoms with van der Waals surface area (Å²) in [6.07, 6.45) is 2.91. The van der Waals surface area contributed by atoms with Gasteiger partial charge in [0.2, 0.25) is 0 Å². The summed E-state index contributed by atoms with van der Waals surface area (Å²) in [6.45, 7) is 6.90. The van der Waals surface area contributed by atoms with Crippen molar-refractivity contribution in [1.82, 2.24) is 15.2 Å². The van der Waals surface area contributed by atoms with Crippen LogP contribution < -0.4 is 10.2 Å². The highest BCUT2D eigenvalue weighted by Gasteiger charge is 2.19. The lowest BCUT2D eigenvalue weighted by Crippen LogP contribution is -2.52. The van der Waals surface area contributed by atoms with Crippen LogP contribution in [0.2, 0.25) is 0 Å². The molecule has 0 aliphatic carbocycles. The van der Waals surface area contributed by atoms with E-state index in [1.54, 1.807) is 0 Å². The molecule has 0 spiro atoms. The molecule has 2 aromatic rings. The quantitative estimate of drug-likeness (QED) is 0.687. The highest BCUT2D eigenvalue weighted by molar-refractivity contribution is 5.80. The van der Waals surface area contributed by atoms with Gasteiger partial charge in [0.15, 0.2) is 5.96 Å². The SMILES string of the molecule is CN=C(NCCc1ccc(C)nc1)N1CCN(c2ccccc2)CC1. The first-order valence-electron chi connectivity index (χ1n) is 8.93. The minimum absolute atomic E-state index is 0.871. The predicted octanol–water partition coefficient (Wildman–Crippen LogP) is 2.33. The number of aliphatic imine (C=N–C) groups is 1. The normalized spacial score (nSPS) is 15.4. The van der Waals surface area contributed by atoms with Crippen LogP contribution in [0.3, 0.4) is 0 Å². The summed E-state index contributed by atoms with van der Waals surface area (Å²) in [5, 5.41) is 3.49. The number of anilines is 1. The van der Waals surface area contributed by atoms with Crippen LogP contribution in [0.4, 0.5) is 5.69 Å². The lowest BCUT2D eigenvalue weighted by Gasteiger charge is -2.37. The van der Waals surface area contributed by atoms with Crippen LogP contribution >= 0.6 is 0 Å². The van der Waals surface area contributed by atoms with Crippen molar-refractivity contribution in [3.8, 4) is 0 Å². The van der Waals surface area contributed by atoms with E-state index < -0.39 is 0 Å². The molecule has 1 aromatic heterocycles. The van der Waals surface area contributed by atoms with E-state index in [-0.39, 0.29) is 0 Å². The fourth-order valence-corrected chi connectivity index (χ4v) is 3.11. The number of para-hydroxylation sites is 1. The second-order valence-corrected chi connectivity index (χ2v) is 6.34. The van der Waals surface area contributed by atoms with Gasteiger partial charge in [-0.1, -0.05) is 24.3 Å². The summed E-state index contributed by atoms with van der Waals surface area (Å²) in [5.74, 6) is 0.993. The maximum atomic E-state index is 4.45. The first kappa shape index (κ1) is 17.3. The van der Waals surface area contributed by atoms with Crippen LogP contribution in [-0.4, -0.2) is 55.6 Å². The van der Waals surface area contributed by atoms with Crippen LogP contribution in [0.15, 0.2) is 53.7 Å². The summed E-state index contributed by atoms with van der Waals surface area (Å²) in [4.78, 5) is 13.6. The van der Waals surface area contributed by atoms with Gasteiger partial charge in [-0.3, -0.25) is 9.98 Å². The summed E-state index contributed by atoms with van der Waals surface area (Å²) in [6, 6.07) is 14.8. The third kappa shape index (κ3) is 4.72. The molecule has 0 saturated carbocycles. The van der Waals surface area contributed by atoms with Gasteiger partial charge in [-0.05, 0) is 37.1 Å². The summed E-state index contributed by atoms with van der Waals surface area (Å²) in [5.41, 5.74) is 3.61. The van der Waals surface area contributed by atoms with Crippen molar-refractivity contribution >= 4 is 11.6 Å². The molecule has 3 rings (SSSR count). The van der Waals surface area contributed by atoms with Gasteiger partial charge in [0.1, 0.15) is 0 Å². The summed E-state index contributed by atoms with van der Waals surface area (Å²) in [7, 11) is 1.86. The lowest BCUT2D eigenvalue weighted by molar-refractivity contribution is 0.373. The van der Waals surface area contributed by atoms with Gasteiger partial charge in [0, 0.05) is 57.3 Å². The third-order valence-corrected chi connectivity index (χ3v) is 4.58. The zero-order valence-corrected chi connectivity index (χ0v) is 15.2. The van der Waals surface area contributed by atoms with E-state index in [1.165, 1.54) is 11.3 Å². The van der Waals surface area contributed by atoms with Crippen LogP contribution in [-0.2, 0) is 6.42 Å². The monoisotopic (exact) mass is 337 g/mol. The molecule has 0 radical (unpaired) electrons. The fourth-order valence-electron chi connectivity index (χ4n) is 3.11. The van der Waals surface area contributed by atoms with Crippen molar-refractivity contribution in [3.05, 3.63) is 59.9 Å². The molecular weight excluding hydrogens is 310 g/mol. The Morgan fingerprint density at radius 2 is 1.84 bits per heavy atom. The number of hydrogen-bond donors (Lipinski definition) is 1. The van der Waals surface area contributed by atoms with Gasteiger partial charge in [-0.25, -0.2) is 0 Å². The van der Waals surface area contributed by atoms with E-state index in [0.29, 0.717) is 0 Å². The summed E-state index contributed by atoms with van der Waals surface area (Å²) < 4.78 is 0. The van der Waals surface area contributed by atoms with Gasteiger partial charge in [0.25, 0.3) is 0 Å². The lowest BCUT2D eigenvalue weighted by atomic mass is 10.2. The van der Waals surface area contributed by atoms with Crippen LogP contribution in [0, 0.1) is 6.92 Å². The molecule has 25 heavy (non-hydrogen) atoms. The maximum Gasteiger partial charge on any atom is 0.193 e. The van der Waals surface area contributed by atoms with Crippen molar-refractivity contribution in [2.45, 2.75) is 13.3 Å². The van der Waals surface area contributed by atoms with Crippen molar-refractivity contribution in [1.29, 1.82) is 0 Å². The molecule has 1 saturated heterocycles. The Balaban J connectivity index is 1.47. The number of piperazine rings is 1. The number of benzene rings is 1. The third-order valence-electron chi connectivity index (χ3n) is 4.58. The van der Waals surface area contributed by atoms with Crippen LogP contribution in [0.25, 0.3) is 0 Å². The molecule has 0 atom stereocenters. The first-order chi connectivity index (χ1) is 12.3. The van der Waals surface area contributed by atoms with E-state index in [9.17, 15) is 0 Å². The number of nitrogens with zero attached hydrogens (tertiary/aromatic N) is 4. The molecule has 1 aromatic carbocycles. The largest absolute Gasteiger partial charge is 0.368 e. The number of rotatable bonds is 4. The second-order valence-electron chi connectivity index (χ2n) is 6.34. The zero-order chi connectivity index (χ0) is 17.5. The molecule has 0 unspecified atom stereocenters. The number of aromatic nitrogens is 1. The standard InChI is InChI=1S/C20H27N5/c1-17-8-9-18(16-23-17)10-11-22-20(21-2)25-14-12-24(13-15-25)19-6-4-3-5-7-19/h3-9,16H,10-15H2,1-2H3,(H,21,22). The Bertz CT molecular complexity index is 673. The van der Waals surface area contributed by atoms with Crippen molar-refractivity contribution in [3.63, 3.8) is 0 Å². The maximum absolute atomic E-state index is 4.45. The van der Waals surface area contributed by atoms with Gasteiger partial charge >= 0.3 is 0 Å². The molecule has 2 heterocycles. The number of pyridine rings is 1. The number of hydrogen-bond acceptors (Lipinski definition) is 3. The fraction of sp³-hybridized carbons (Fsp3) is 0.400. The summed E-state index contributed by atoms with van der Waals surface area (Å²) >= 11 is 0. The average molecular weight is 337 g/mol. The molecule has 132 valence electrons. The highest BCUT2D eigenvalue weighted by Crippen LogP contribution is 2.15. The molecule has 1 aliphatic heterocycles. The molecular formula is C20H27N5. The van der Waals surface area contributed by atoms with E-state index in [2.05, 4.69) is 67.6 Å². The van der Waals surface area contributed by atoms with Crippen molar-refractivity contribution in [2.24, 2.45) is 4.99 Å². The zero-order valence-electron chi connectivity index (χ0n) is 15.2. The van der Waals surface area contributed by atoms with Crippen molar-refractivity contribution in [2.75, 3.05) is 44.7 Å². The van der Waals surface area contributed by atoms with E-state index >= 15 is 0 Å². The first-order valence-corrected chi connectivity index (χ1v) is 8.93. The Morgan fingerprint density at radius 3 is 2.48 bits per heavy atom. The molecule has 1 aliphatic rings. The molecule has 5 heteroatoms. The Morgan fingerprint density at radius 1 is 1.08 bits per heavy atom. The Kier molecular flexibility index (Phi) is 5.88. The molecule has 0 amide bonds. The molecule has 0 bridgehead atoms. The predicted molar refractivity (Wildman–Crippen MR) is 104 cm³/mol. The van der Waals surface area contributed by atoms with Gasteiger partial charge in [-0.15, -0.1) is 0 Å². The molecule has 1 fully saturated rings.